The van der Waals surface area contributed by atoms with E-state index >= 15 is 0 Å². The molecule has 1 N–H and O–H groups in total. The van der Waals surface area contributed by atoms with E-state index in [9.17, 15) is 9.59 Å². The molecule has 5 heteroatoms. The number of halogens is 1. The normalized spacial score (nSPS) is 10.2. The summed E-state index contributed by atoms with van der Waals surface area (Å²) in [5, 5.41) is 3.15. The minimum Gasteiger partial charge on any atom is -0.322 e. The molecule has 0 atom stereocenters. The number of carbonyl (C=O) groups excluding carboxylic acids is 2. The summed E-state index contributed by atoms with van der Waals surface area (Å²) in [5.74, 6) is -0.485. The molecule has 0 spiro atoms. The first kappa shape index (κ1) is 17.7. The predicted octanol–water partition coefficient (Wildman–Crippen LogP) is 4.87. The van der Waals surface area contributed by atoms with E-state index < -0.39 is 0 Å². The Morgan fingerprint density at radius 2 is 1.58 bits per heavy atom. The Bertz CT molecular complexity index is 942. The average molecular weight is 365 g/mol. The van der Waals surface area contributed by atoms with Crippen molar-refractivity contribution < 1.29 is 9.59 Å². The van der Waals surface area contributed by atoms with Crippen molar-refractivity contribution >= 4 is 34.8 Å². The molecule has 4 nitrogen and oxygen atoms in total. The van der Waals surface area contributed by atoms with Crippen LogP contribution >= 0.6 is 11.6 Å². The van der Waals surface area contributed by atoms with Crippen LogP contribution in [0.3, 0.4) is 0 Å². The number of carbonyl (C=O) groups is 2. The average Bonchev–Trinajstić information content (AvgIpc) is 2.68. The number of para-hydroxylation sites is 1. The number of nitrogens with zero attached hydrogens (tertiary/aromatic N) is 1. The third-order valence-electron chi connectivity index (χ3n) is 3.93. The fourth-order valence-electron chi connectivity index (χ4n) is 2.54. The molecule has 3 aromatic rings. The van der Waals surface area contributed by atoms with Crippen molar-refractivity contribution in [2.24, 2.45) is 0 Å². The first-order valence-electron chi connectivity index (χ1n) is 8.05. The number of rotatable bonds is 4. The molecule has 0 aromatic heterocycles. The van der Waals surface area contributed by atoms with Gasteiger partial charge in [0.1, 0.15) is 0 Å². The van der Waals surface area contributed by atoms with Crippen molar-refractivity contribution in [2.45, 2.75) is 0 Å². The highest BCUT2D eigenvalue weighted by Crippen LogP contribution is 2.20. The molecular weight excluding hydrogens is 348 g/mol. The Balaban J connectivity index is 1.79. The first-order valence-corrected chi connectivity index (χ1v) is 8.43. The van der Waals surface area contributed by atoms with Crippen LogP contribution in [0.2, 0.25) is 5.02 Å². The largest absolute Gasteiger partial charge is 0.322 e. The van der Waals surface area contributed by atoms with Gasteiger partial charge < -0.3 is 10.2 Å². The van der Waals surface area contributed by atoms with E-state index in [2.05, 4.69) is 5.32 Å². The standard InChI is InChI=1S/C21H17ClN2O2/c1-24(17-10-3-2-4-11-17)21(26)15-8-7-9-16(14-15)23-20(25)18-12-5-6-13-19(18)22/h2-14H,1H3,(H,23,25). The smallest absolute Gasteiger partial charge is 0.258 e. The maximum Gasteiger partial charge on any atom is 0.258 e. The highest BCUT2D eigenvalue weighted by Gasteiger charge is 2.15. The topological polar surface area (TPSA) is 49.4 Å². The van der Waals surface area contributed by atoms with Crippen molar-refractivity contribution in [1.82, 2.24) is 0 Å². The molecule has 0 aliphatic heterocycles. The molecular formula is C21H17ClN2O2. The lowest BCUT2D eigenvalue weighted by Crippen LogP contribution is -2.26. The van der Waals surface area contributed by atoms with Gasteiger partial charge in [-0.25, -0.2) is 0 Å². The molecule has 2 amide bonds. The van der Waals surface area contributed by atoms with Gasteiger partial charge in [0.2, 0.25) is 0 Å². The van der Waals surface area contributed by atoms with E-state index in [1.54, 1.807) is 60.5 Å². The Kier molecular flexibility index (Phi) is 5.34. The third-order valence-corrected chi connectivity index (χ3v) is 4.26. The fourth-order valence-corrected chi connectivity index (χ4v) is 2.76. The van der Waals surface area contributed by atoms with Crippen LogP contribution in [0.1, 0.15) is 20.7 Å². The second-order valence-electron chi connectivity index (χ2n) is 5.71. The maximum absolute atomic E-state index is 12.7. The zero-order valence-electron chi connectivity index (χ0n) is 14.1. The number of hydrogen-bond acceptors (Lipinski definition) is 2. The second-order valence-corrected chi connectivity index (χ2v) is 6.12. The van der Waals surface area contributed by atoms with Gasteiger partial charge in [-0.05, 0) is 42.5 Å². The van der Waals surface area contributed by atoms with Gasteiger partial charge in [-0.15, -0.1) is 0 Å². The van der Waals surface area contributed by atoms with E-state index in [-0.39, 0.29) is 11.8 Å². The molecule has 0 aliphatic rings. The van der Waals surface area contributed by atoms with Crippen LogP contribution in [0.25, 0.3) is 0 Å². The number of benzene rings is 3. The lowest BCUT2D eigenvalue weighted by atomic mass is 10.1. The third kappa shape index (κ3) is 3.92. The molecule has 3 aromatic carbocycles. The molecule has 0 radical (unpaired) electrons. The van der Waals surface area contributed by atoms with Crippen molar-refractivity contribution in [1.29, 1.82) is 0 Å². The van der Waals surface area contributed by atoms with E-state index in [0.29, 0.717) is 21.8 Å². The predicted molar refractivity (Wildman–Crippen MR) is 105 cm³/mol. The summed E-state index contributed by atoms with van der Waals surface area (Å²) in [7, 11) is 1.71. The molecule has 0 aliphatic carbocycles. The van der Waals surface area contributed by atoms with Gasteiger partial charge in [0.05, 0.1) is 10.6 Å². The zero-order valence-corrected chi connectivity index (χ0v) is 14.9. The Morgan fingerprint density at radius 3 is 2.31 bits per heavy atom. The van der Waals surface area contributed by atoms with Gasteiger partial charge in [-0.2, -0.15) is 0 Å². The summed E-state index contributed by atoms with van der Waals surface area (Å²) in [4.78, 5) is 26.6. The molecule has 0 unspecified atom stereocenters. The molecule has 0 heterocycles. The summed E-state index contributed by atoms with van der Waals surface area (Å²) in [6.07, 6.45) is 0. The maximum atomic E-state index is 12.7. The lowest BCUT2D eigenvalue weighted by Gasteiger charge is -2.17. The van der Waals surface area contributed by atoms with E-state index in [4.69, 9.17) is 11.6 Å². The zero-order chi connectivity index (χ0) is 18.5. The quantitative estimate of drug-likeness (QED) is 0.718. The summed E-state index contributed by atoms with van der Waals surface area (Å²) < 4.78 is 0. The molecule has 26 heavy (non-hydrogen) atoms. The monoisotopic (exact) mass is 364 g/mol. The summed E-state index contributed by atoms with van der Waals surface area (Å²) in [5.41, 5.74) is 2.19. The SMILES string of the molecule is CN(C(=O)c1cccc(NC(=O)c2ccccc2Cl)c1)c1ccccc1. The summed E-state index contributed by atoms with van der Waals surface area (Å²) in [6, 6.07) is 23.0. The molecule has 130 valence electrons. The number of anilines is 2. The van der Waals surface area contributed by atoms with Gasteiger partial charge in [0.15, 0.2) is 0 Å². The minimum absolute atomic E-state index is 0.162. The van der Waals surface area contributed by atoms with Gasteiger partial charge >= 0.3 is 0 Å². The Hall–Kier alpha value is -3.11. The van der Waals surface area contributed by atoms with Crippen LogP contribution < -0.4 is 10.2 Å². The van der Waals surface area contributed by atoms with E-state index in [1.807, 2.05) is 30.3 Å². The molecule has 0 saturated carbocycles. The van der Waals surface area contributed by atoms with Gasteiger partial charge in [-0.3, -0.25) is 9.59 Å². The van der Waals surface area contributed by atoms with Gasteiger partial charge in [0.25, 0.3) is 11.8 Å². The van der Waals surface area contributed by atoms with Crippen molar-refractivity contribution in [3.8, 4) is 0 Å². The van der Waals surface area contributed by atoms with E-state index in [1.165, 1.54) is 0 Å². The summed E-state index contributed by atoms with van der Waals surface area (Å²) >= 11 is 6.05. The Morgan fingerprint density at radius 1 is 0.885 bits per heavy atom. The van der Waals surface area contributed by atoms with Crippen LogP contribution in [-0.4, -0.2) is 18.9 Å². The highest BCUT2D eigenvalue weighted by atomic mass is 35.5. The van der Waals surface area contributed by atoms with Gasteiger partial charge in [-0.1, -0.05) is 48.0 Å². The second kappa shape index (κ2) is 7.85. The van der Waals surface area contributed by atoms with Crippen LogP contribution in [0.4, 0.5) is 11.4 Å². The van der Waals surface area contributed by atoms with E-state index in [0.717, 1.165) is 5.69 Å². The summed E-state index contributed by atoms with van der Waals surface area (Å²) in [6.45, 7) is 0. The van der Waals surface area contributed by atoms with Crippen molar-refractivity contribution in [3.63, 3.8) is 0 Å². The van der Waals surface area contributed by atoms with Crippen LogP contribution in [0, 0.1) is 0 Å². The van der Waals surface area contributed by atoms with Gasteiger partial charge in [0, 0.05) is 24.0 Å². The Labute approximate surface area is 157 Å². The van der Waals surface area contributed by atoms with Crippen LogP contribution in [-0.2, 0) is 0 Å². The molecule has 0 fully saturated rings. The first-order chi connectivity index (χ1) is 12.6. The lowest BCUT2D eigenvalue weighted by molar-refractivity contribution is 0.0990. The number of amides is 2. The molecule has 0 bridgehead atoms. The molecule has 0 saturated heterocycles. The van der Waals surface area contributed by atoms with Crippen molar-refractivity contribution in [2.75, 3.05) is 17.3 Å². The van der Waals surface area contributed by atoms with Crippen molar-refractivity contribution in [3.05, 3.63) is 95.0 Å². The minimum atomic E-state index is -0.323. The number of hydrogen-bond donors (Lipinski definition) is 1. The van der Waals surface area contributed by atoms with Crippen LogP contribution in [0.15, 0.2) is 78.9 Å². The highest BCUT2D eigenvalue weighted by molar-refractivity contribution is 6.34. The fraction of sp³-hybridized carbons (Fsp3) is 0.0476. The van der Waals surface area contributed by atoms with Crippen LogP contribution in [0.5, 0.6) is 0 Å². The molecule has 3 rings (SSSR count). The number of nitrogens with one attached hydrogen (secondary N) is 1.